The summed E-state index contributed by atoms with van der Waals surface area (Å²) in [6, 6.07) is 15.8. The summed E-state index contributed by atoms with van der Waals surface area (Å²) in [5, 5.41) is 0. The first-order valence-electron chi connectivity index (χ1n) is 10.1. The van der Waals surface area contributed by atoms with Gasteiger partial charge in [-0.25, -0.2) is 4.98 Å². The van der Waals surface area contributed by atoms with Crippen LogP contribution in [0.15, 0.2) is 52.9 Å². The number of nitrogens with two attached hydrogens (primary N) is 1. The minimum absolute atomic E-state index is 0.0118. The number of para-hydroxylation sites is 2. The van der Waals surface area contributed by atoms with Gasteiger partial charge in [0.2, 0.25) is 5.89 Å². The van der Waals surface area contributed by atoms with Gasteiger partial charge in [-0.15, -0.1) is 0 Å². The fourth-order valence-corrected chi connectivity index (χ4v) is 3.94. The molecule has 152 valence electrons. The van der Waals surface area contributed by atoms with Crippen LogP contribution in [0.25, 0.3) is 22.6 Å². The van der Waals surface area contributed by atoms with Crippen molar-refractivity contribution < 1.29 is 18.7 Å². The number of rotatable bonds is 7. The first-order valence-corrected chi connectivity index (χ1v) is 10.1. The van der Waals surface area contributed by atoms with Gasteiger partial charge in [0, 0.05) is 18.5 Å². The highest BCUT2D eigenvalue weighted by molar-refractivity contribution is 5.75. The van der Waals surface area contributed by atoms with Crippen LogP contribution >= 0.6 is 0 Å². The van der Waals surface area contributed by atoms with Crippen LogP contribution in [0.4, 0.5) is 0 Å². The molecule has 1 heterocycles. The Morgan fingerprint density at radius 1 is 1.17 bits per heavy atom. The highest BCUT2D eigenvalue weighted by Crippen LogP contribution is 2.31. The van der Waals surface area contributed by atoms with Crippen LogP contribution in [0.1, 0.15) is 31.7 Å². The van der Waals surface area contributed by atoms with E-state index in [2.05, 4.69) is 4.98 Å². The number of carbonyl (C=O) groups is 1. The number of esters is 1. The van der Waals surface area contributed by atoms with Gasteiger partial charge in [0.1, 0.15) is 5.52 Å². The highest BCUT2D eigenvalue weighted by atomic mass is 16.5. The molecule has 3 aromatic rings. The summed E-state index contributed by atoms with van der Waals surface area (Å²) < 4.78 is 17.1. The number of benzene rings is 2. The molecule has 6 nitrogen and oxygen atoms in total. The minimum Gasteiger partial charge on any atom is -0.466 e. The van der Waals surface area contributed by atoms with E-state index in [1.165, 1.54) is 6.92 Å². The molecular weight excluding hydrogens is 368 g/mol. The van der Waals surface area contributed by atoms with E-state index in [0.29, 0.717) is 25.0 Å². The molecule has 2 aromatic carbocycles. The van der Waals surface area contributed by atoms with Gasteiger partial charge in [-0.3, -0.25) is 4.79 Å². The average Bonchev–Trinajstić information content (AvgIpc) is 3.30. The molecular formula is C23H26N2O4. The predicted molar refractivity (Wildman–Crippen MR) is 110 cm³/mol. The van der Waals surface area contributed by atoms with Gasteiger partial charge in [-0.05, 0) is 55.0 Å². The first kappa shape index (κ1) is 19.6. The molecule has 0 unspecified atom stereocenters. The van der Waals surface area contributed by atoms with E-state index in [4.69, 9.17) is 19.6 Å². The molecule has 0 radical (unpaired) electrons. The second-order valence-corrected chi connectivity index (χ2v) is 7.59. The molecule has 4 rings (SSSR count). The molecule has 0 aliphatic heterocycles. The average molecular weight is 394 g/mol. The van der Waals surface area contributed by atoms with Crippen molar-refractivity contribution in [1.82, 2.24) is 4.98 Å². The Labute approximate surface area is 170 Å². The van der Waals surface area contributed by atoms with E-state index in [9.17, 15) is 4.79 Å². The third kappa shape index (κ3) is 4.66. The van der Waals surface area contributed by atoms with Gasteiger partial charge in [-0.1, -0.05) is 24.3 Å². The molecule has 1 saturated carbocycles. The Kier molecular flexibility index (Phi) is 5.92. The molecule has 0 saturated heterocycles. The fraction of sp³-hybridized carbons (Fsp3) is 0.391. The summed E-state index contributed by atoms with van der Waals surface area (Å²) >= 11 is 0. The lowest BCUT2D eigenvalue weighted by Gasteiger charge is -2.23. The quantitative estimate of drug-likeness (QED) is 0.608. The number of hydrogen-bond acceptors (Lipinski definition) is 6. The number of oxazole rings is 1. The van der Waals surface area contributed by atoms with Gasteiger partial charge >= 0.3 is 5.97 Å². The third-order valence-corrected chi connectivity index (χ3v) is 5.49. The van der Waals surface area contributed by atoms with Crippen molar-refractivity contribution in [2.24, 2.45) is 11.7 Å². The second-order valence-electron chi connectivity index (χ2n) is 7.59. The number of carbonyl (C=O) groups excluding carboxylic acids is 1. The van der Waals surface area contributed by atoms with Crippen LogP contribution in [0.5, 0.6) is 0 Å². The standard InChI is InChI=1S/C23H26N2O4/c1-15(26)27-13-12-17-10-11-19(24)22(17)28-14-16-6-8-18(9-7-16)23-25-20-4-2-3-5-21(20)29-23/h2-9,17,19,22H,10-14,24H2,1H3/t17-,19-,22+/m1/s1. The zero-order valence-electron chi connectivity index (χ0n) is 16.5. The number of aromatic nitrogens is 1. The monoisotopic (exact) mass is 394 g/mol. The maximum absolute atomic E-state index is 11.0. The number of fused-ring (bicyclic) bond motifs is 1. The van der Waals surface area contributed by atoms with Crippen LogP contribution in [0.2, 0.25) is 0 Å². The zero-order valence-corrected chi connectivity index (χ0v) is 16.5. The first-order chi connectivity index (χ1) is 14.1. The topological polar surface area (TPSA) is 87.6 Å². The van der Waals surface area contributed by atoms with Gasteiger partial charge in [0.25, 0.3) is 0 Å². The predicted octanol–water partition coefficient (Wildman–Crippen LogP) is 4.07. The van der Waals surface area contributed by atoms with E-state index in [1.54, 1.807) is 0 Å². The molecule has 1 aromatic heterocycles. The van der Waals surface area contributed by atoms with Crippen molar-refractivity contribution in [3.05, 3.63) is 54.1 Å². The Morgan fingerprint density at radius 2 is 1.97 bits per heavy atom. The lowest BCUT2D eigenvalue weighted by Crippen LogP contribution is -2.35. The summed E-state index contributed by atoms with van der Waals surface area (Å²) in [6.07, 6.45) is 2.71. The van der Waals surface area contributed by atoms with Crippen LogP contribution < -0.4 is 5.73 Å². The van der Waals surface area contributed by atoms with Crippen molar-refractivity contribution >= 4 is 17.1 Å². The molecule has 1 aliphatic carbocycles. The summed E-state index contributed by atoms with van der Waals surface area (Å²) in [6.45, 7) is 2.35. The number of hydrogen-bond donors (Lipinski definition) is 1. The van der Waals surface area contributed by atoms with Crippen molar-refractivity contribution in [3.63, 3.8) is 0 Å². The Hall–Kier alpha value is -2.70. The zero-order chi connectivity index (χ0) is 20.2. The van der Waals surface area contributed by atoms with Gasteiger partial charge < -0.3 is 19.6 Å². The molecule has 1 fully saturated rings. The Bertz CT molecular complexity index is 933. The minimum atomic E-state index is -0.246. The van der Waals surface area contributed by atoms with E-state index < -0.39 is 0 Å². The summed E-state index contributed by atoms with van der Waals surface area (Å²) in [7, 11) is 0. The van der Waals surface area contributed by atoms with Crippen molar-refractivity contribution in [1.29, 1.82) is 0 Å². The SMILES string of the molecule is CC(=O)OCC[C@H]1CC[C@@H](N)[C@H]1OCc1ccc(-c2nc3ccccc3o2)cc1. The van der Waals surface area contributed by atoms with Crippen molar-refractivity contribution in [3.8, 4) is 11.5 Å². The van der Waals surface area contributed by atoms with Crippen LogP contribution in [0.3, 0.4) is 0 Å². The Balaban J connectivity index is 1.36. The summed E-state index contributed by atoms with van der Waals surface area (Å²) in [5.74, 6) is 0.689. The van der Waals surface area contributed by atoms with E-state index in [-0.39, 0.29) is 18.1 Å². The number of nitrogens with zero attached hydrogens (tertiary/aromatic N) is 1. The molecule has 3 atom stereocenters. The molecule has 0 amide bonds. The third-order valence-electron chi connectivity index (χ3n) is 5.49. The van der Waals surface area contributed by atoms with E-state index in [1.807, 2.05) is 48.5 Å². The van der Waals surface area contributed by atoms with Gasteiger partial charge in [-0.2, -0.15) is 0 Å². The lowest BCUT2D eigenvalue weighted by atomic mass is 10.0. The van der Waals surface area contributed by atoms with E-state index >= 15 is 0 Å². The summed E-state index contributed by atoms with van der Waals surface area (Å²) in [4.78, 5) is 15.5. The van der Waals surface area contributed by atoms with E-state index in [0.717, 1.165) is 41.5 Å². The van der Waals surface area contributed by atoms with Crippen LogP contribution in [0, 0.1) is 5.92 Å². The van der Waals surface area contributed by atoms with Crippen LogP contribution in [-0.4, -0.2) is 29.7 Å². The molecule has 29 heavy (non-hydrogen) atoms. The molecule has 2 N–H and O–H groups in total. The number of ether oxygens (including phenoxy) is 2. The second kappa shape index (κ2) is 8.76. The van der Waals surface area contributed by atoms with Gasteiger partial charge in [0.05, 0.1) is 19.3 Å². The smallest absolute Gasteiger partial charge is 0.302 e. The van der Waals surface area contributed by atoms with Crippen molar-refractivity contribution in [2.45, 2.75) is 44.9 Å². The lowest BCUT2D eigenvalue weighted by molar-refractivity contribution is -0.141. The summed E-state index contributed by atoms with van der Waals surface area (Å²) in [5.41, 5.74) is 9.89. The molecule has 6 heteroatoms. The largest absolute Gasteiger partial charge is 0.466 e. The maximum atomic E-state index is 11.0. The highest BCUT2D eigenvalue weighted by Gasteiger charge is 2.34. The Morgan fingerprint density at radius 3 is 2.72 bits per heavy atom. The fourth-order valence-electron chi connectivity index (χ4n) is 3.94. The van der Waals surface area contributed by atoms with Gasteiger partial charge in [0.15, 0.2) is 5.58 Å². The maximum Gasteiger partial charge on any atom is 0.302 e. The normalized spacial score (nSPS) is 21.5. The molecule has 0 bridgehead atoms. The molecule has 0 spiro atoms. The molecule has 1 aliphatic rings. The van der Waals surface area contributed by atoms with Crippen LogP contribution in [-0.2, 0) is 20.9 Å². The van der Waals surface area contributed by atoms with Crippen molar-refractivity contribution in [2.75, 3.05) is 6.61 Å².